The molecular formula is C25H26N2O4. The quantitative estimate of drug-likeness (QED) is 0.581. The van der Waals surface area contributed by atoms with Crippen molar-refractivity contribution in [2.45, 2.75) is 39.3 Å². The summed E-state index contributed by atoms with van der Waals surface area (Å²) in [7, 11) is 1.56. The molecule has 1 aliphatic rings. The molecule has 31 heavy (non-hydrogen) atoms. The SMILES string of the molecule is COCc1nc2ccccc2c(C)c1C(=O)OCC(=O)N1c2ccccc2CCC1C. The van der Waals surface area contributed by atoms with Gasteiger partial charge in [-0.1, -0.05) is 36.4 Å². The molecule has 0 saturated carbocycles. The summed E-state index contributed by atoms with van der Waals surface area (Å²) in [5.41, 5.74) is 4.46. The second-order valence-electron chi connectivity index (χ2n) is 7.86. The number of ether oxygens (including phenoxy) is 2. The zero-order chi connectivity index (χ0) is 22.0. The maximum absolute atomic E-state index is 13.0. The second-order valence-corrected chi connectivity index (χ2v) is 7.86. The summed E-state index contributed by atoms with van der Waals surface area (Å²) in [5.74, 6) is -0.790. The molecule has 0 aliphatic carbocycles. The van der Waals surface area contributed by atoms with Crippen LogP contribution in [-0.2, 0) is 27.3 Å². The minimum absolute atomic E-state index is 0.0502. The van der Waals surface area contributed by atoms with Crippen LogP contribution in [0.2, 0.25) is 0 Å². The molecule has 3 aromatic rings. The standard InChI is InChI=1S/C25H26N2O4/c1-16-12-13-18-8-4-7-11-22(18)27(16)23(28)15-31-25(29)24-17(2)19-9-5-6-10-20(19)26-21(24)14-30-3/h4-11,16H,12-15H2,1-3H3. The van der Waals surface area contributed by atoms with Crippen LogP contribution < -0.4 is 4.90 Å². The first-order valence-corrected chi connectivity index (χ1v) is 10.5. The fraction of sp³-hybridized carbons (Fsp3) is 0.320. The zero-order valence-corrected chi connectivity index (χ0v) is 18.1. The van der Waals surface area contributed by atoms with Crippen molar-refractivity contribution in [3.05, 3.63) is 70.9 Å². The Morgan fingerprint density at radius 3 is 2.68 bits per heavy atom. The maximum atomic E-state index is 13.0. The van der Waals surface area contributed by atoms with Gasteiger partial charge in [0.2, 0.25) is 0 Å². The summed E-state index contributed by atoms with van der Waals surface area (Å²) in [6, 6.07) is 15.6. The molecule has 6 nitrogen and oxygen atoms in total. The van der Waals surface area contributed by atoms with Crippen LogP contribution in [0, 0.1) is 6.92 Å². The molecule has 0 fully saturated rings. The highest BCUT2D eigenvalue weighted by molar-refractivity contribution is 6.01. The number of esters is 1. The van der Waals surface area contributed by atoms with Crippen molar-refractivity contribution in [1.82, 2.24) is 4.98 Å². The van der Waals surface area contributed by atoms with Crippen LogP contribution >= 0.6 is 0 Å². The van der Waals surface area contributed by atoms with Crippen LogP contribution in [0.25, 0.3) is 10.9 Å². The molecule has 2 heterocycles. The highest BCUT2D eigenvalue weighted by Crippen LogP contribution is 2.30. The highest BCUT2D eigenvalue weighted by Gasteiger charge is 2.29. The molecule has 0 N–H and O–H groups in total. The van der Waals surface area contributed by atoms with Gasteiger partial charge < -0.3 is 14.4 Å². The number of para-hydroxylation sites is 2. The molecule has 0 spiro atoms. The summed E-state index contributed by atoms with van der Waals surface area (Å²) in [5, 5.41) is 0.874. The largest absolute Gasteiger partial charge is 0.452 e. The number of carbonyl (C=O) groups excluding carboxylic acids is 2. The number of carbonyl (C=O) groups is 2. The molecular weight excluding hydrogens is 392 g/mol. The van der Waals surface area contributed by atoms with Crippen LogP contribution in [0.5, 0.6) is 0 Å². The number of pyridine rings is 1. The molecule has 2 aromatic carbocycles. The lowest BCUT2D eigenvalue weighted by Crippen LogP contribution is -2.44. The van der Waals surface area contributed by atoms with Crippen molar-refractivity contribution in [3.8, 4) is 0 Å². The van der Waals surface area contributed by atoms with E-state index in [9.17, 15) is 9.59 Å². The van der Waals surface area contributed by atoms with Crippen molar-refractivity contribution < 1.29 is 19.1 Å². The minimum Gasteiger partial charge on any atom is -0.452 e. The first kappa shape index (κ1) is 21.0. The van der Waals surface area contributed by atoms with Gasteiger partial charge in [-0.2, -0.15) is 0 Å². The molecule has 1 unspecified atom stereocenters. The maximum Gasteiger partial charge on any atom is 0.340 e. The van der Waals surface area contributed by atoms with E-state index >= 15 is 0 Å². The summed E-state index contributed by atoms with van der Waals surface area (Å²) in [6.07, 6.45) is 1.81. The van der Waals surface area contributed by atoms with Crippen molar-refractivity contribution in [2.75, 3.05) is 18.6 Å². The van der Waals surface area contributed by atoms with Gasteiger partial charge in [0, 0.05) is 24.2 Å². The van der Waals surface area contributed by atoms with Gasteiger partial charge >= 0.3 is 5.97 Å². The Hall–Kier alpha value is -3.25. The monoisotopic (exact) mass is 418 g/mol. The van der Waals surface area contributed by atoms with Crippen LogP contribution in [0.1, 0.15) is 40.5 Å². The fourth-order valence-corrected chi connectivity index (χ4v) is 4.29. The molecule has 0 radical (unpaired) electrons. The van der Waals surface area contributed by atoms with E-state index in [1.807, 2.05) is 62.4 Å². The normalized spacial score (nSPS) is 15.6. The van der Waals surface area contributed by atoms with E-state index in [0.717, 1.165) is 40.6 Å². The van der Waals surface area contributed by atoms with Gasteiger partial charge in [0.25, 0.3) is 5.91 Å². The van der Waals surface area contributed by atoms with E-state index in [1.165, 1.54) is 0 Å². The van der Waals surface area contributed by atoms with Gasteiger partial charge in [-0.25, -0.2) is 9.78 Å². The number of rotatable bonds is 5. The summed E-state index contributed by atoms with van der Waals surface area (Å²) in [4.78, 5) is 32.4. The molecule has 1 aromatic heterocycles. The van der Waals surface area contributed by atoms with Crippen molar-refractivity contribution in [1.29, 1.82) is 0 Å². The van der Waals surface area contributed by atoms with Crippen molar-refractivity contribution in [2.24, 2.45) is 0 Å². The van der Waals surface area contributed by atoms with Gasteiger partial charge in [0.1, 0.15) is 0 Å². The second kappa shape index (κ2) is 8.86. The molecule has 1 amide bonds. The van der Waals surface area contributed by atoms with E-state index in [1.54, 1.807) is 12.0 Å². The van der Waals surface area contributed by atoms with Gasteiger partial charge in [0.15, 0.2) is 6.61 Å². The number of hydrogen-bond donors (Lipinski definition) is 0. The molecule has 6 heteroatoms. The van der Waals surface area contributed by atoms with Crippen LogP contribution in [-0.4, -0.2) is 36.6 Å². The third kappa shape index (κ3) is 4.03. The molecule has 4 rings (SSSR count). The Balaban J connectivity index is 1.58. The van der Waals surface area contributed by atoms with E-state index in [2.05, 4.69) is 4.98 Å². The number of aromatic nitrogens is 1. The Bertz CT molecular complexity index is 1140. The predicted octanol–water partition coefficient (Wildman–Crippen LogP) is 4.21. The van der Waals surface area contributed by atoms with E-state index in [0.29, 0.717) is 11.3 Å². The lowest BCUT2D eigenvalue weighted by Gasteiger charge is -2.35. The molecule has 160 valence electrons. The number of amides is 1. The summed E-state index contributed by atoms with van der Waals surface area (Å²) >= 11 is 0. The zero-order valence-electron chi connectivity index (χ0n) is 18.1. The minimum atomic E-state index is -0.561. The highest BCUT2D eigenvalue weighted by atomic mass is 16.5. The van der Waals surface area contributed by atoms with Crippen LogP contribution in [0.15, 0.2) is 48.5 Å². The first-order chi connectivity index (χ1) is 15.0. The van der Waals surface area contributed by atoms with Gasteiger partial charge in [0.05, 0.1) is 23.4 Å². The van der Waals surface area contributed by atoms with Crippen LogP contribution in [0.3, 0.4) is 0 Å². The third-order valence-corrected chi connectivity index (χ3v) is 5.83. The molecule has 0 bridgehead atoms. The Morgan fingerprint density at radius 2 is 1.87 bits per heavy atom. The summed E-state index contributed by atoms with van der Waals surface area (Å²) in [6.45, 7) is 3.74. The van der Waals surface area contributed by atoms with Crippen molar-refractivity contribution in [3.63, 3.8) is 0 Å². The van der Waals surface area contributed by atoms with Gasteiger partial charge in [-0.15, -0.1) is 0 Å². The first-order valence-electron chi connectivity index (χ1n) is 10.5. The summed E-state index contributed by atoms with van der Waals surface area (Å²) < 4.78 is 10.7. The molecule has 0 saturated heterocycles. The topological polar surface area (TPSA) is 68.7 Å². The average Bonchev–Trinajstić information content (AvgIpc) is 2.77. The Kier molecular flexibility index (Phi) is 6.00. The molecule has 1 atom stereocenters. The fourth-order valence-electron chi connectivity index (χ4n) is 4.29. The number of anilines is 1. The van der Waals surface area contributed by atoms with E-state index in [4.69, 9.17) is 9.47 Å². The van der Waals surface area contributed by atoms with E-state index in [-0.39, 0.29) is 25.2 Å². The number of aryl methyl sites for hydroxylation is 2. The Morgan fingerprint density at radius 1 is 1.13 bits per heavy atom. The smallest absolute Gasteiger partial charge is 0.340 e. The number of benzene rings is 2. The number of nitrogens with zero attached hydrogens (tertiary/aromatic N) is 2. The number of methoxy groups -OCH3 is 1. The van der Waals surface area contributed by atoms with Crippen molar-refractivity contribution >= 4 is 28.5 Å². The average molecular weight is 418 g/mol. The van der Waals surface area contributed by atoms with E-state index < -0.39 is 5.97 Å². The lowest BCUT2D eigenvalue weighted by molar-refractivity contribution is -0.122. The lowest BCUT2D eigenvalue weighted by atomic mass is 9.96. The molecule has 1 aliphatic heterocycles. The van der Waals surface area contributed by atoms with Gasteiger partial charge in [-0.3, -0.25) is 4.79 Å². The predicted molar refractivity (Wildman–Crippen MR) is 119 cm³/mol. The van der Waals surface area contributed by atoms with Gasteiger partial charge in [-0.05, 0) is 49.9 Å². The third-order valence-electron chi connectivity index (χ3n) is 5.83. The van der Waals surface area contributed by atoms with Crippen LogP contribution in [0.4, 0.5) is 5.69 Å². The number of fused-ring (bicyclic) bond motifs is 2. The number of hydrogen-bond acceptors (Lipinski definition) is 5. The Labute approximate surface area is 181 Å².